The maximum atomic E-state index is 12.2. The van der Waals surface area contributed by atoms with Gasteiger partial charge in [-0.05, 0) is 57.4 Å². The summed E-state index contributed by atoms with van der Waals surface area (Å²) in [4.78, 5) is 12.2. The molecule has 0 bridgehead atoms. The van der Waals surface area contributed by atoms with Crippen molar-refractivity contribution in [2.45, 2.75) is 67.7 Å². The molecular formula is C26H40O4. The fraction of sp³-hybridized carbons (Fsp3) is 0.500. The fourth-order valence-corrected chi connectivity index (χ4v) is 2.41. The summed E-state index contributed by atoms with van der Waals surface area (Å²) in [6.45, 7) is 15.6. The summed E-state index contributed by atoms with van der Waals surface area (Å²) in [7, 11) is 0. The molecule has 0 unspecified atom stereocenters. The molecule has 2 aromatic carbocycles. The van der Waals surface area contributed by atoms with Crippen molar-refractivity contribution >= 4 is 5.97 Å². The van der Waals surface area contributed by atoms with Gasteiger partial charge in [-0.25, -0.2) is 4.79 Å². The van der Waals surface area contributed by atoms with Crippen molar-refractivity contribution in [2.24, 2.45) is 0 Å². The molecule has 0 radical (unpaired) electrons. The Labute approximate surface area is 183 Å². The minimum atomic E-state index is -0.326. The van der Waals surface area contributed by atoms with Crippen LogP contribution in [0.1, 0.15) is 75.4 Å². The van der Waals surface area contributed by atoms with Crippen LogP contribution < -0.4 is 9.47 Å². The maximum absolute atomic E-state index is 12.2. The Hall–Kier alpha value is -2.49. The van der Waals surface area contributed by atoms with Gasteiger partial charge in [-0.2, -0.15) is 0 Å². The fourth-order valence-electron chi connectivity index (χ4n) is 2.41. The van der Waals surface area contributed by atoms with Crippen LogP contribution in [0.25, 0.3) is 0 Å². The molecule has 0 saturated carbocycles. The third-order valence-electron chi connectivity index (χ3n) is 3.88. The highest BCUT2D eigenvalue weighted by Gasteiger charge is 2.14. The van der Waals surface area contributed by atoms with Crippen molar-refractivity contribution in [3.63, 3.8) is 0 Å². The summed E-state index contributed by atoms with van der Waals surface area (Å²) < 4.78 is 16.7. The molecule has 0 saturated heterocycles. The van der Waals surface area contributed by atoms with E-state index >= 15 is 0 Å². The van der Waals surface area contributed by atoms with E-state index in [1.54, 1.807) is 0 Å². The Morgan fingerprint density at radius 1 is 0.767 bits per heavy atom. The number of benzene rings is 2. The van der Waals surface area contributed by atoms with E-state index in [4.69, 9.17) is 14.2 Å². The van der Waals surface area contributed by atoms with Gasteiger partial charge in [-0.15, -0.1) is 0 Å². The maximum Gasteiger partial charge on any atom is 0.341 e. The monoisotopic (exact) mass is 416 g/mol. The van der Waals surface area contributed by atoms with Crippen molar-refractivity contribution in [2.75, 3.05) is 19.8 Å². The second kappa shape index (κ2) is 17.4. The molecule has 2 rings (SSSR count). The first-order chi connectivity index (χ1) is 14.6. The molecule has 0 aliphatic heterocycles. The molecule has 0 amide bonds. The summed E-state index contributed by atoms with van der Waals surface area (Å²) in [6, 6.07) is 13.6. The number of aryl methyl sites for hydroxylation is 2. The predicted octanol–water partition coefficient (Wildman–Crippen LogP) is 7.16. The molecule has 2 aromatic rings. The average molecular weight is 417 g/mol. The van der Waals surface area contributed by atoms with E-state index in [1.807, 2.05) is 84.0 Å². The van der Waals surface area contributed by atoms with E-state index in [0.717, 1.165) is 30.6 Å². The van der Waals surface area contributed by atoms with Gasteiger partial charge in [-0.3, -0.25) is 0 Å². The number of ether oxygens (including phenoxy) is 3. The third kappa shape index (κ3) is 10.9. The highest BCUT2D eigenvalue weighted by atomic mass is 16.5. The topological polar surface area (TPSA) is 44.8 Å². The van der Waals surface area contributed by atoms with Gasteiger partial charge < -0.3 is 14.2 Å². The van der Waals surface area contributed by atoms with Gasteiger partial charge in [0.15, 0.2) is 0 Å². The lowest BCUT2D eigenvalue weighted by Crippen LogP contribution is -2.10. The number of rotatable bonds is 10. The summed E-state index contributed by atoms with van der Waals surface area (Å²) in [6.07, 6.45) is 2.53. The Morgan fingerprint density at radius 3 is 1.93 bits per heavy atom. The minimum absolute atomic E-state index is 0.326. The van der Waals surface area contributed by atoms with Crippen LogP contribution >= 0.6 is 0 Å². The van der Waals surface area contributed by atoms with Crippen molar-refractivity contribution in [1.29, 1.82) is 0 Å². The molecule has 30 heavy (non-hydrogen) atoms. The van der Waals surface area contributed by atoms with Gasteiger partial charge in [0, 0.05) is 0 Å². The van der Waals surface area contributed by atoms with Gasteiger partial charge in [0.2, 0.25) is 0 Å². The Morgan fingerprint density at radius 2 is 1.33 bits per heavy atom. The van der Waals surface area contributed by atoms with Crippen molar-refractivity contribution in [1.82, 2.24) is 0 Å². The number of hydrogen-bond donors (Lipinski definition) is 0. The van der Waals surface area contributed by atoms with E-state index in [2.05, 4.69) is 6.92 Å². The lowest BCUT2D eigenvalue weighted by atomic mass is 10.1. The van der Waals surface area contributed by atoms with Crippen molar-refractivity contribution in [3.8, 4) is 11.5 Å². The summed E-state index contributed by atoms with van der Waals surface area (Å²) >= 11 is 0. The van der Waals surface area contributed by atoms with Crippen LogP contribution in [0, 0.1) is 13.8 Å². The van der Waals surface area contributed by atoms with Gasteiger partial charge in [0.05, 0.1) is 19.8 Å². The largest absolute Gasteiger partial charge is 0.494 e. The predicted molar refractivity (Wildman–Crippen MR) is 126 cm³/mol. The van der Waals surface area contributed by atoms with E-state index in [-0.39, 0.29) is 5.97 Å². The first-order valence-electron chi connectivity index (χ1n) is 11.2. The zero-order chi connectivity index (χ0) is 22.8. The number of unbranched alkanes of at least 4 members (excludes halogenated alkanes) is 1. The first-order valence-corrected chi connectivity index (χ1v) is 11.2. The average Bonchev–Trinajstić information content (AvgIpc) is 2.79. The van der Waals surface area contributed by atoms with Crippen molar-refractivity contribution in [3.05, 3.63) is 59.2 Å². The van der Waals surface area contributed by atoms with Crippen LogP contribution in [-0.4, -0.2) is 25.8 Å². The molecular weight excluding hydrogens is 376 g/mol. The lowest BCUT2D eigenvalue weighted by molar-refractivity contribution is 0.0500. The lowest BCUT2D eigenvalue weighted by Gasteiger charge is -2.12. The number of esters is 1. The standard InChI is InChI=1S/C22H28O4.2C2H6/c1-4-13-26-22(23)20-16-18(3)9-12-21(20)25-15-6-5-14-24-19-10-7-17(2)8-11-19;2*1-2/h7-12,16H,4-6,13-15H2,1-3H3;2*1-2H3. The minimum Gasteiger partial charge on any atom is -0.494 e. The Bertz CT molecular complexity index is 693. The van der Waals surface area contributed by atoms with Gasteiger partial charge >= 0.3 is 5.97 Å². The quantitative estimate of drug-likeness (QED) is 0.304. The second-order valence-electron chi connectivity index (χ2n) is 6.35. The molecule has 0 fully saturated rings. The zero-order valence-electron chi connectivity index (χ0n) is 19.9. The van der Waals surface area contributed by atoms with Crippen LogP contribution in [0.2, 0.25) is 0 Å². The van der Waals surface area contributed by atoms with Gasteiger partial charge in [-0.1, -0.05) is 63.9 Å². The molecule has 0 aliphatic carbocycles. The van der Waals surface area contributed by atoms with Crippen molar-refractivity contribution < 1.29 is 19.0 Å². The molecule has 4 heteroatoms. The molecule has 0 aliphatic rings. The molecule has 0 N–H and O–H groups in total. The van der Waals surface area contributed by atoms with E-state index in [0.29, 0.717) is 31.1 Å². The van der Waals surface area contributed by atoms with Crippen LogP contribution in [-0.2, 0) is 4.74 Å². The smallest absolute Gasteiger partial charge is 0.341 e. The number of carbonyl (C=O) groups is 1. The van der Waals surface area contributed by atoms with E-state index in [9.17, 15) is 4.79 Å². The highest BCUT2D eigenvalue weighted by Crippen LogP contribution is 2.21. The van der Waals surface area contributed by atoms with Gasteiger partial charge in [0.1, 0.15) is 17.1 Å². The van der Waals surface area contributed by atoms with E-state index in [1.165, 1.54) is 5.56 Å². The SMILES string of the molecule is CC.CC.CCCOC(=O)c1cc(C)ccc1OCCCCOc1ccc(C)cc1. The molecule has 0 aromatic heterocycles. The van der Waals surface area contributed by atoms with E-state index < -0.39 is 0 Å². The molecule has 0 atom stereocenters. The van der Waals surface area contributed by atoms with Crippen LogP contribution in [0.5, 0.6) is 11.5 Å². The summed E-state index contributed by atoms with van der Waals surface area (Å²) in [5.41, 5.74) is 2.72. The second-order valence-corrected chi connectivity index (χ2v) is 6.35. The number of hydrogen-bond acceptors (Lipinski definition) is 4. The Balaban J connectivity index is 0.00000198. The number of carbonyl (C=O) groups excluding carboxylic acids is 1. The molecule has 4 nitrogen and oxygen atoms in total. The zero-order valence-corrected chi connectivity index (χ0v) is 19.9. The molecule has 168 valence electrons. The van der Waals surface area contributed by atoms with Gasteiger partial charge in [0.25, 0.3) is 0 Å². The van der Waals surface area contributed by atoms with Crippen LogP contribution in [0.4, 0.5) is 0 Å². The van der Waals surface area contributed by atoms with Crippen LogP contribution in [0.15, 0.2) is 42.5 Å². The normalized spacial score (nSPS) is 9.43. The van der Waals surface area contributed by atoms with Crippen LogP contribution in [0.3, 0.4) is 0 Å². The summed E-state index contributed by atoms with van der Waals surface area (Å²) in [5, 5.41) is 0. The summed E-state index contributed by atoms with van der Waals surface area (Å²) in [5.74, 6) is 1.14. The first kappa shape index (κ1) is 27.5. The third-order valence-corrected chi connectivity index (χ3v) is 3.88. The molecule has 0 heterocycles. The molecule has 0 spiro atoms. The Kier molecular flexibility index (Phi) is 15.9. The highest BCUT2D eigenvalue weighted by molar-refractivity contribution is 5.92.